The van der Waals surface area contributed by atoms with Crippen molar-refractivity contribution in [2.24, 2.45) is 5.73 Å². The number of Topliss-reactive ketones (excluding diaryl/α,β-unsaturated/α-hetero) is 1. The van der Waals surface area contributed by atoms with Gasteiger partial charge in [-0.25, -0.2) is 0 Å². The highest BCUT2D eigenvalue weighted by atomic mass is 16.3. The number of nitrogens with zero attached hydrogens (tertiary/aromatic N) is 1. The van der Waals surface area contributed by atoms with Gasteiger partial charge in [-0.2, -0.15) is 0 Å². The van der Waals surface area contributed by atoms with Crippen LogP contribution in [0.2, 0.25) is 0 Å². The van der Waals surface area contributed by atoms with E-state index >= 15 is 0 Å². The summed E-state index contributed by atoms with van der Waals surface area (Å²) in [7, 11) is 1.50. The molecule has 1 aromatic carbocycles. The van der Waals surface area contributed by atoms with Gasteiger partial charge in [-0.15, -0.1) is 0 Å². The zero-order valence-electron chi connectivity index (χ0n) is 18.6. The van der Waals surface area contributed by atoms with Crippen molar-refractivity contribution in [2.75, 3.05) is 7.05 Å². The molecule has 4 nitrogen and oxygen atoms in total. The summed E-state index contributed by atoms with van der Waals surface area (Å²) in [4.78, 5) is 11.9. The third kappa shape index (κ3) is 4.64. The van der Waals surface area contributed by atoms with Crippen LogP contribution in [0.1, 0.15) is 81.6 Å². The molecule has 0 unspecified atom stereocenters. The van der Waals surface area contributed by atoms with Gasteiger partial charge in [-0.1, -0.05) is 45.2 Å². The van der Waals surface area contributed by atoms with Crippen molar-refractivity contribution >= 4 is 16.7 Å². The Hall–Kier alpha value is -2.33. The van der Waals surface area contributed by atoms with Gasteiger partial charge in [0.15, 0.2) is 5.78 Å². The van der Waals surface area contributed by atoms with Crippen molar-refractivity contribution in [3.63, 3.8) is 0 Å². The molecule has 4 rings (SSSR count). The highest BCUT2D eigenvalue weighted by molar-refractivity contribution is 6.00. The molecular weight excluding hydrogens is 360 g/mol. The van der Waals surface area contributed by atoms with Crippen molar-refractivity contribution in [3.8, 4) is 11.3 Å². The molecule has 158 valence electrons. The SMILES string of the molecule is CC.CCn1c(-c2ccoc2)c(C2CCCCC2)c2ccc(C(C)=O)cc21.CN. The van der Waals surface area contributed by atoms with E-state index < -0.39 is 0 Å². The number of aromatic nitrogens is 1. The monoisotopic (exact) mass is 396 g/mol. The summed E-state index contributed by atoms with van der Waals surface area (Å²) in [5.41, 5.74) is 10.3. The molecule has 4 heteroatoms. The minimum absolute atomic E-state index is 0.120. The molecule has 3 aromatic rings. The molecule has 29 heavy (non-hydrogen) atoms. The van der Waals surface area contributed by atoms with Crippen LogP contribution in [-0.4, -0.2) is 17.4 Å². The normalized spacial score (nSPS) is 14.0. The number of benzene rings is 1. The van der Waals surface area contributed by atoms with Crippen LogP contribution >= 0.6 is 0 Å². The molecule has 0 radical (unpaired) electrons. The van der Waals surface area contributed by atoms with E-state index in [4.69, 9.17) is 4.42 Å². The first kappa shape index (κ1) is 23.0. The zero-order chi connectivity index (χ0) is 21.4. The van der Waals surface area contributed by atoms with Crippen LogP contribution < -0.4 is 5.73 Å². The number of hydrogen-bond acceptors (Lipinski definition) is 3. The van der Waals surface area contributed by atoms with E-state index in [1.165, 1.54) is 61.3 Å². The van der Waals surface area contributed by atoms with Crippen molar-refractivity contribution in [3.05, 3.63) is 47.9 Å². The highest BCUT2D eigenvalue weighted by Gasteiger charge is 2.26. The maximum Gasteiger partial charge on any atom is 0.159 e. The molecule has 0 amide bonds. The second kappa shape index (κ2) is 11.0. The summed E-state index contributed by atoms with van der Waals surface area (Å²) < 4.78 is 7.76. The molecule has 1 fully saturated rings. The highest BCUT2D eigenvalue weighted by Crippen LogP contribution is 2.44. The number of carbonyl (C=O) groups excluding carboxylic acids is 1. The summed E-state index contributed by atoms with van der Waals surface area (Å²) in [6.07, 6.45) is 10.1. The third-order valence-electron chi connectivity index (χ3n) is 5.63. The predicted molar refractivity (Wildman–Crippen MR) is 123 cm³/mol. The Kier molecular flexibility index (Phi) is 8.71. The fourth-order valence-electron chi connectivity index (χ4n) is 4.44. The van der Waals surface area contributed by atoms with E-state index in [-0.39, 0.29) is 5.78 Å². The molecule has 0 atom stereocenters. The molecule has 2 N–H and O–H groups in total. The lowest BCUT2D eigenvalue weighted by Gasteiger charge is -2.23. The van der Waals surface area contributed by atoms with Gasteiger partial charge < -0.3 is 14.7 Å². The summed E-state index contributed by atoms with van der Waals surface area (Å²) in [6, 6.07) is 8.26. The number of ketones is 1. The molecule has 1 aliphatic rings. The molecule has 1 aliphatic carbocycles. The molecule has 2 aromatic heterocycles. The smallest absolute Gasteiger partial charge is 0.159 e. The van der Waals surface area contributed by atoms with Gasteiger partial charge in [0.05, 0.1) is 18.2 Å². The Labute approximate surface area is 175 Å². The maximum atomic E-state index is 11.9. The Balaban J connectivity index is 0.000000707. The van der Waals surface area contributed by atoms with Gasteiger partial charge in [-0.3, -0.25) is 4.79 Å². The van der Waals surface area contributed by atoms with Crippen LogP contribution in [0.5, 0.6) is 0 Å². The number of hydrogen-bond donors (Lipinski definition) is 1. The van der Waals surface area contributed by atoms with Crippen LogP contribution in [0.3, 0.4) is 0 Å². The number of rotatable bonds is 4. The van der Waals surface area contributed by atoms with E-state index in [2.05, 4.69) is 35.4 Å². The fourth-order valence-corrected chi connectivity index (χ4v) is 4.44. The van der Waals surface area contributed by atoms with Gasteiger partial charge in [0.2, 0.25) is 0 Å². The number of nitrogens with two attached hydrogens (primary N) is 1. The van der Waals surface area contributed by atoms with E-state index in [1.54, 1.807) is 13.2 Å². The predicted octanol–water partition coefficient (Wildman–Crippen LogP) is 6.77. The molecule has 0 aliphatic heterocycles. The van der Waals surface area contributed by atoms with Gasteiger partial charge in [0, 0.05) is 28.6 Å². The first-order valence-corrected chi connectivity index (χ1v) is 11.0. The lowest BCUT2D eigenvalue weighted by atomic mass is 9.82. The molecule has 2 heterocycles. The van der Waals surface area contributed by atoms with Gasteiger partial charge in [0.1, 0.15) is 0 Å². The van der Waals surface area contributed by atoms with E-state index in [0.717, 1.165) is 17.7 Å². The minimum Gasteiger partial charge on any atom is -0.472 e. The summed E-state index contributed by atoms with van der Waals surface area (Å²) in [5, 5.41) is 1.30. The Bertz CT molecular complexity index is 901. The van der Waals surface area contributed by atoms with E-state index in [0.29, 0.717) is 5.92 Å². The van der Waals surface area contributed by atoms with Crippen LogP contribution in [0.25, 0.3) is 22.2 Å². The van der Waals surface area contributed by atoms with Crippen LogP contribution in [0.4, 0.5) is 0 Å². The van der Waals surface area contributed by atoms with Crippen LogP contribution in [0.15, 0.2) is 41.2 Å². The van der Waals surface area contributed by atoms with Crippen molar-refractivity contribution in [1.82, 2.24) is 4.57 Å². The average Bonchev–Trinajstić information content (AvgIpc) is 3.42. The second-order valence-corrected chi connectivity index (χ2v) is 7.14. The van der Waals surface area contributed by atoms with Crippen LogP contribution in [0, 0.1) is 0 Å². The largest absolute Gasteiger partial charge is 0.472 e. The summed E-state index contributed by atoms with van der Waals surface area (Å²) in [5.74, 6) is 0.715. The molecule has 0 saturated heterocycles. The molecule has 1 saturated carbocycles. The van der Waals surface area contributed by atoms with Crippen LogP contribution in [-0.2, 0) is 6.54 Å². The van der Waals surface area contributed by atoms with Gasteiger partial charge in [-0.05, 0) is 57.4 Å². The van der Waals surface area contributed by atoms with Crippen molar-refractivity contribution in [2.45, 2.75) is 72.3 Å². The van der Waals surface area contributed by atoms with Crippen molar-refractivity contribution in [1.29, 1.82) is 0 Å². The number of furan rings is 1. The van der Waals surface area contributed by atoms with Crippen molar-refractivity contribution < 1.29 is 9.21 Å². The first-order valence-electron chi connectivity index (χ1n) is 11.0. The average molecular weight is 397 g/mol. The lowest BCUT2D eigenvalue weighted by molar-refractivity contribution is 0.101. The zero-order valence-corrected chi connectivity index (χ0v) is 18.6. The fraction of sp³-hybridized carbons (Fsp3) is 0.480. The Morgan fingerprint density at radius 3 is 2.38 bits per heavy atom. The van der Waals surface area contributed by atoms with E-state index in [9.17, 15) is 4.79 Å². The number of aryl methyl sites for hydroxylation is 1. The molecular formula is C25H36N2O2. The quantitative estimate of drug-likeness (QED) is 0.495. The van der Waals surface area contributed by atoms with E-state index in [1.807, 2.05) is 26.2 Å². The Morgan fingerprint density at radius 2 is 1.83 bits per heavy atom. The summed E-state index contributed by atoms with van der Waals surface area (Å²) >= 11 is 0. The minimum atomic E-state index is 0.120. The third-order valence-corrected chi connectivity index (χ3v) is 5.63. The molecule has 0 bridgehead atoms. The van der Waals surface area contributed by atoms with Gasteiger partial charge in [0.25, 0.3) is 0 Å². The maximum absolute atomic E-state index is 11.9. The first-order chi connectivity index (χ1) is 14.2. The standard InChI is InChI=1S/C22H25NO2.C2H6.CH5N/c1-3-23-20-13-17(15(2)24)9-10-19(20)21(16-7-5-4-6-8-16)22(23)18-11-12-25-14-18;2*1-2/h9-14,16H,3-8H2,1-2H3;1-2H3;2H2,1H3. The number of carbonyl (C=O) groups is 1. The number of fused-ring (bicyclic) bond motifs is 1. The lowest BCUT2D eigenvalue weighted by Crippen LogP contribution is -2.06. The second-order valence-electron chi connectivity index (χ2n) is 7.14. The van der Waals surface area contributed by atoms with Gasteiger partial charge >= 0.3 is 0 Å². The summed E-state index contributed by atoms with van der Waals surface area (Å²) in [6.45, 7) is 8.69. The Morgan fingerprint density at radius 1 is 1.14 bits per heavy atom. The topological polar surface area (TPSA) is 61.2 Å². The molecule has 0 spiro atoms.